The standard InChI is InChI=1S/C20H17ClNO2.ClH/c21-18-6-8-19(9-7-18)24-15-14-22-12-10-17(11-13-22)20(23)16-4-2-1-3-5-16;/h1-13H,14-15H2;1H/q+1;/p-1. The minimum Gasteiger partial charge on any atom is -1.00 e. The van der Waals surface area contributed by atoms with E-state index in [0.717, 1.165) is 5.75 Å². The van der Waals surface area contributed by atoms with Crippen molar-refractivity contribution >= 4 is 17.4 Å². The van der Waals surface area contributed by atoms with Crippen LogP contribution < -0.4 is 21.7 Å². The number of pyridine rings is 1. The largest absolute Gasteiger partial charge is 1.00 e. The van der Waals surface area contributed by atoms with Crippen molar-refractivity contribution in [2.75, 3.05) is 6.61 Å². The lowest BCUT2D eigenvalue weighted by Crippen LogP contribution is -3.00. The number of hydrogen-bond donors (Lipinski definition) is 0. The number of ketones is 1. The van der Waals surface area contributed by atoms with E-state index in [0.29, 0.717) is 29.3 Å². The Morgan fingerprint density at radius 1 is 0.880 bits per heavy atom. The third-order valence-corrected chi connectivity index (χ3v) is 3.87. The first-order chi connectivity index (χ1) is 11.7. The molecule has 0 aliphatic rings. The lowest BCUT2D eigenvalue weighted by atomic mass is 10.0. The Labute approximate surface area is 158 Å². The average Bonchev–Trinajstić information content (AvgIpc) is 2.64. The molecule has 0 amide bonds. The molecule has 0 unspecified atom stereocenters. The van der Waals surface area contributed by atoms with Crippen LogP contribution in [0, 0.1) is 0 Å². The molecular formula is C20H17Cl2NO2. The van der Waals surface area contributed by atoms with Crippen molar-refractivity contribution < 1.29 is 26.5 Å². The first-order valence-electron chi connectivity index (χ1n) is 7.69. The van der Waals surface area contributed by atoms with Crippen molar-refractivity contribution in [2.24, 2.45) is 0 Å². The molecule has 3 rings (SSSR count). The fraction of sp³-hybridized carbons (Fsp3) is 0.100. The molecule has 1 aromatic heterocycles. The lowest BCUT2D eigenvalue weighted by Gasteiger charge is -2.04. The zero-order valence-corrected chi connectivity index (χ0v) is 15.0. The summed E-state index contributed by atoms with van der Waals surface area (Å²) in [6.45, 7) is 1.24. The quantitative estimate of drug-likeness (QED) is 0.475. The Morgan fingerprint density at radius 2 is 1.48 bits per heavy atom. The number of benzene rings is 2. The Hall–Kier alpha value is -2.36. The fourth-order valence-corrected chi connectivity index (χ4v) is 2.44. The first kappa shape index (κ1) is 19.0. The summed E-state index contributed by atoms with van der Waals surface area (Å²) in [5, 5.41) is 0.690. The number of nitrogens with zero attached hydrogens (tertiary/aromatic N) is 1. The van der Waals surface area contributed by atoms with E-state index in [9.17, 15) is 4.79 Å². The molecule has 0 aliphatic carbocycles. The molecule has 5 heteroatoms. The SMILES string of the molecule is O=C(c1ccccc1)c1cc[n+](CCOc2ccc(Cl)cc2)cc1.[Cl-]. The summed E-state index contributed by atoms with van der Waals surface area (Å²) in [7, 11) is 0. The van der Waals surface area contributed by atoms with Gasteiger partial charge in [0.05, 0.1) is 0 Å². The van der Waals surface area contributed by atoms with E-state index >= 15 is 0 Å². The van der Waals surface area contributed by atoms with E-state index in [1.807, 2.05) is 71.6 Å². The van der Waals surface area contributed by atoms with Crippen molar-refractivity contribution in [3.05, 3.63) is 95.3 Å². The Morgan fingerprint density at radius 3 is 2.12 bits per heavy atom. The first-order valence-corrected chi connectivity index (χ1v) is 8.07. The third-order valence-electron chi connectivity index (χ3n) is 3.62. The number of halogens is 2. The van der Waals surface area contributed by atoms with Gasteiger partial charge < -0.3 is 17.1 Å². The molecule has 0 fully saturated rings. The van der Waals surface area contributed by atoms with Crippen LogP contribution in [0.15, 0.2) is 79.1 Å². The summed E-state index contributed by atoms with van der Waals surface area (Å²) >= 11 is 5.84. The zero-order valence-electron chi connectivity index (χ0n) is 13.4. The van der Waals surface area contributed by atoms with Gasteiger partial charge in [0.15, 0.2) is 24.7 Å². The molecule has 0 radical (unpaired) electrons. The molecule has 0 aliphatic heterocycles. The fourth-order valence-electron chi connectivity index (χ4n) is 2.31. The minimum absolute atomic E-state index is 0. The van der Waals surface area contributed by atoms with Crippen LogP contribution in [0.4, 0.5) is 0 Å². The maximum absolute atomic E-state index is 12.3. The normalized spacial score (nSPS) is 9.96. The van der Waals surface area contributed by atoms with Crippen LogP contribution in [-0.2, 0) is 6.54 Å². The van der Waals surface area contributed by atoms with Crippen LogP contribution in [0.3, 0.4) is 0 Å². The Bertz CT molecular complexity index is 803. The molecule has 0 atom stereocenters. The number of hydrogen-bond acceptors (Lipinski definition) is 2. The number of carbonyl (C=O) groups is 1. The highest BCUT2D eigenvalue weighted by atomic mass is 35.5. The molecule has 0 saturated carbocycles. The lowest BCUT2D eigenvalue weighted by molar-refractivity contribution is -0.697. The molecule has 0 saturated heterocycles. The van der Waals surface area contributed by atoms with E-state index in [4.69, 9.17) is 16.3 Å². The van der Waals surface area contributed by atoms with Crippen LogP contribution in [0.5, 0.6) is 5.75 Å². The molecule has 2 aromatic carbocycles. The third kappa shape index (κ3) is 5.31. The van der Waals surface area contributed by atoms with Gasteiger partial charge in [-0.1, -0.05) is 41.9 Å². The van der Waals surface area contributed by atoms with E-state index in [2.05, 4.69) is 0 Å². The second-order valence-electron chi connectivity index (χ2n) is 5.32. The van der Waals surface area contributed by atoms with Crippen molar-refractivity contribution in [1.82, 2.24) is 0 Å². The van der Waals surface area contributed by atoms with Crippen molar-refractivity contribution in [3.63, 3.8) is 0 Å². The highest BCUT2D eigenvalue weighted by Crippen LogP contribution is 2.15. The highest BCUT2D eigenvalue weighted by Gasteiger charge is 2.10. The smallest absolute Gasteiger partial charge is 0.193 e. The van der Waals surface area contributed by atoms with Gasteiger partial charge in [0.2, 0.25) is 0 Å². The van der Waals surface area contributed by atoms with Gasteiger partial charge >= 0.3 is 0 Å². The molecule has 25 heavy (non-hydrogen) atoms. The molecule has 0 bridgehead atoms. The predicted molar refractivity (Wildman–Crippen MR) is 93.5 cm³/mol. The van der Waals surface area contributed by atoms with Crippen molar-refractivity contribution in [2.45, 2.75) is 6.54 Å². The van der Waals surface area contributed by atoms with Crippen molar-refractivity contribution in [1.29, 1.82) is 0 Å². The van der Waals surface area contributed by atoms with E-state index in [1.54, 1.807) is 12.1 Å². The topological polar surface area (TPSA) is 30.2 Å². The average molecular weight is 374 g/mol. The van der Waals surface area contributed by atoms with Gasteiger partial charge in [-0.05, 0) is 24.3 Å². The molecule has 1 heterocycles. The molecule has 0 N–H and O–H groups in total. The minimum atomic E-state index is 0. The summed E-state index contributed by atoms with van der Waals surface area (Å²) < 4.78 is 7.65. The predicted octanol–water partition coefficient (Wildman–Crippen LogP) is 0.941. The van der Waals surface area contributed by atoms with Crippen LogP contribution in [0.2, 0.25) is 5.02 Å². The molecule has 0 spiro atoms. The maximum atomic E-state index is 12.3. The molecule has 3 aromatic rings. The summed E-state index contributed by atoms with van der Waals surface area (Å²) in [5.74, 6) is 0.816. The van der Waals surface area contributed by atoms with Crippen molar-refractivity contribution in [3.8, 4) is 5.75 Å². The molecule has 128 valence electrons. The summed E-state index contributed by atoms with van der Waals surface area (Å²) in [6.07, 6.45) is 3.78. The molecular weight excluding hydrogens is 357 g/mol. The second kappa shape index (κ2) is 9.21. The summed E-state index contributed by atoms with van der Waals surface area (Å²) in [4.78, 5) is 12.3. The monoisotopic (exact) mass is 373 g/mol. The molecule has 3 nitrogen and oxygen atoms in total. The summed E-state index contributed by atoms with van der Waals surface area (Å²) in [5.41, 5.74) is 1.37. The highest BCUT2D eigenvalue weighted by molar-refractivity contribution is 6.30. The van der Waals surface area contributed by atoms with Gasteiger partial charge in [-0.25, -0.2) is 4.57 Å². The van der Waals surface area contributed by atoms with E-state index in [1.165, 1.54) is 0 Å². The number of carbonyl (C=O) groups excluding carboxylic acids is 1. The van der Waals surface area contributed by atoms with Gasteiger partial charge in [0.1, 0.15) is 12.4 Å². The van der Waals surface area contributed by atoms with E-state index < -0.39 is 0 Å². The van der Waals surface area contributed by atoms with Gasteiger partial charge in [-0.2, -0.15) is 0 Å². The maximum Gasteiger partial charge on any atom is 0.193 e. The zero-order chi connectivity index (χ0) is 16.8. The number of ether oxygens (including phenoxy) is 1. The number of rotatable bonds is 6. The van der Waals surface area contributed by atoms with Crippen LogP contribution in [-0.4, -0.2) is 12.4 Å². The van der Waals surface area contributed by atoms with Gasteiger partial charge in [0.25, 0.3) is 0 Å². The number of aromatic nitrogens is 1. The Balaban J connectivity index is 0.00000225. The van der Waals surface area contributed by atoms with Gasteiger partial charge in [-0.15, -0.1) is 0 Å². The van der Waals surface area contributed by atoms with E-state index in [-0.39, 0.29) is 18.2 Å². The van der Waals surface area contributed by atoms with Crippen LogP contribution in [0.25, 0.3) is 0 Å². The van der Waals surface area contributed by atoms with Gasteiger partial charge in [-0.3, -0.25) is 4.79 Å². The van der Waals surface area contributed by atoms with Gasteiger partial charge in [0, 0.05) is 28.3 Å². The summed E-state index contributed by atoms with van der Waals surface area (Å²) in [6, 6.07) is 20.2. The second-order valence-corrected chi connectivity index (χ2v) is 5.76. The Kier molecular flexibility index (Phi) is 6.99. The van der Waals surface area contributed by atoms with Crippen LogP contribution >= 0.6 is 11.6 Å². The van der Waals surface area contributed by atoms with Crippen LogP contribution in [0.1, 0.15) is 15.9 Å².